The number of carboxylic acid groups (broad SMARTS) is 1. The lowest BCUT2D eigenvalue weighted by Crippen LogP contribution is -2.45. The summed E-state index contributed by atoms with van der Waals surface area (Å²) < 4.78 is 0. The summed E-state index contributed by atoms with van der Waals surface area (Å²) >= 11 is 0. The Labute approximate surface area is 121 Å². The van der Waals surface area contributed by atoms with Gasteiger partial charge in [0, 0.05) is 12.5 Å². The molecule has 0 radical (unpaired) electrons. The predicted octanol–water partition coefficient (Wildman–Crippen LogP) is 3.11. The molecule has 0 aromatic carbocycles. The maximum Gasteiger partial charge on any atom is 0.303 e. The minimum absolute atomic E-state index is 0.150. The summed E-state index contributed by atoms with van der Waals surface area (Å²) in [5.74, 6) is -0.439. The van der Waals surface area contributed by atoms with Gasteiger partial charge in [-0.05, 0) is 31.1 Å². The van der Waals surface area contributed by atoms with E-state index in [1.54, 1.807) is 0 Å². The minimum atomic E-state index is -0.745. The van der Waals surface area contributed by atoms with Crippen molar-refractivity contribution in [3.8, 4) is 0 Å². The number of amides is 1. The molecule has 0 aliphatic heterocycles. The van der Waals surface area contributed by atoms with Crippen LogP contribution in [0.15, 0.2) is 0 Å². The fourth-order valence-corrected chi connectivity index (χ4v) is 3.55. The predicted molar refractivity (Wildman–Crippen MR) is 77.4 cm³/mol. The molecule has 20 heavy (non-hydrogen) atoms. The van der Waals surface area contributed by atoms with Crippen molar-refractivity contribution in [2.45, 2.75) is 70.6 Å². The third-order valence-electron chi connectivity index (χ3n) is 5.05. The maximum atomic E-state index is 12.3. The Morgan fingerprint density at radius 2 is 1.60 bits per heavy atom. The van der Waals surface area contributed by atoms with E-state index in [4.69, 9.17) is 5.11 Å². The number of carbonyl (C=O) groups is 2. The van der Waals surface area contributed by atoms with Crippen molar-refractivity contribution in [3.63, 3.8) is 0 Å². The van der Waals surface area contributed by atoms with Crippen LogP contribution in [0.4, 0.5) is 0 Å². The number of hydrogen-bond donors (Lipinski definition) is 2. The topological polar surface area (TPSA) is 66.4 Å². The molecule has 0 heterocycles. The second kappa shape index (κ2) is 7.09. The first-order valence-corrected chi connectivity index (χ1v) is 8.11. The summed E-state index contributed by atoms with van der Waals surface area (Å²) in [6, 6.07) is 0. The Morgan fingerprint density at radius 3 is 2.10 bits per heavy atom. The third kappa shape index (κ3) is 4.22. The Morgan fingerprint density at radius 1 is 1.00 bits per heavy atom. The van der Waals surface area contributed by atoms with Crippen LogP contribution in [0, 0.1) is 11.3 Å². The van der Waals surface area contributed by atoms with Crippen LogP contribution in [0.1, 0.15) is 70.6 Å². The van der Waals surface area contributed by atoms with Crippen LogP contribution in [-0.2, 0) is 9.59 Å². The summed E-state index contributed by atoms with van der Waals surface area (Å²) in [6.07, 6.45) is 11.2. The molecule has 0 spiro atoms. The molecule has 1 amide bonds. The van der Waals surface area contributed by atoms with Crippen molar-refractivity contribution in [2.75, 3.05) is 6.54 Å². The monoisotopic (exact) mass is 281 g/mol. The Bertz CT molecular complexity index is 342. The quantitative estimate of drug-likeness (QED) is 0.813. The lowest BCUT2D eigenvalue weighted by atomic mass is 9.66. The SMILES string of the molecule is O=C(O)CC1(CNC(=O)C2CCCCCCC2)CCC1. The van der Waals surface area contributed by atoms with Crippen LogP contribution in [-0.4, -0.2) is 23.5 Å². The van der Waals surface area contributed by atoms with E-state index in [-0.39, 0.29) is 23.7 Å². The van der Waals surface area contributed by atoms with Gasteiger partial charge in [0.1, 0.15) is 0 Å². The first kappa shape index (κ1) is 15.3. The van der Waals surface area contributed by atoms with Crippen molar-refractivity contribution in [2.24, 2.45) is 11.3 Å². The van der Waals surface area contributed by atoms with Crippen LogP contribution < -0.4 is 5.32 Å². The largest absolute Gasteiger partial charge is 0.481 e. The van der Waals surface area contributed by atoms with Gasteiger partial charge < -0.3 is 10.4 Å². The molecular formula is C16H27NO3. The van der Waals surface area contributed by atoms with Gasteiger partial charge in [0.15, 0.2) is 0 Å². The zero-order chi connectivity index (χ0) is 14.4. The second-order valence-electron chi connectivity index (χ2n) is 6.68. The van der Waals surface area contributed by atoms with Crippen molar-refractivity contribution < 1.29 is 14.7 Å². The molecule has 0 atom stereocenters. The van der Waals surface area contributed by atoms with E-state index in [1.165, 1.54) is 19.3 Å². The number of nitrogens with one attached hydrogen (secondary N) is 1. The first-order valence-electron chi connectivity index (χ1n) is 8.11. The third-order valence-corrected chi connectivity index (χ3v) is 5.05. The summed E-state index contributed by atoms with van der Waals surface area (Å²) in [5.41, 5.74) is -0.164. The smallest absolute Gasteiger partial charge is 0.303 e. The van der Waals surface area contributed by atoms with Crippen molar-refractivity contribution in [1.29, 1.82) is 0 Å². The van der Waals surface area contributed by atoms with E-state index in [0.29, 0.717) is 6.54 Å². The van der Waals surface area contributed by atoms with Gasteiger partial charge in [0.05, 0.1) is 6.42 Å². The summed E-state index contributed by atoms with van der Waals surface area (Å²) in [6.45, 7) is 0.550. The van der Waals surface area contributed by atoms with Crippen LogP contribution in [0.5, 0.6) is 0 Å². The summed E-state index contributed by atoms with van der Waals surface area (Å²) in [4.78, 5) is 23.2. The number of aliphatic carboxylic acids is 1. The average molecular weight is 281 g/mol. The molecule has 114 valence electrons. The van der Waals surface area contributed by atoms with Gasteiger partial charge >= 0.3 is 5.97 Å². The molecular weight excluding hydrogens is 254 g/mol. The maximum absolute atomic E-state index is 12.3. The van der Waals surface area contributed by atoms with Gasteiger partial charge in [-0.3, -0.25) is 9.59 Å². The van der Waals surface area contributed by atoms with Crippen LogP contribution in [0.3, 0.4) is 0 Å². The molecule has 2 saturated carbocycles. The normalized spacial score (nSPS) is 23.2. The minimum Gasteiger partial charge on any atom is -0.481 e. The summed E-state index contributed by atoms with van der Waals surface area (Å²) in [5, 5.41) is 12.0. The fraction of sp³-hybridized carbons (Fsp3) is 0.875. The average Bonchev–Trinajstić information content (AvgIpc) is 2.31. The number of hydrogen-bond acceptors (Lipinski definition) is 2. The van der Waals surface area contributed by atoms with E-state index < -0.39 is 5.97 Å². The Kier molecular flexibility index (Phi) is 5.44. The highest BCUT2D eigenvalue weighted by molar-refractivity contribution is 5.78. The molecule has 0 unspecified atom stereocenters. The van der Waals surface area contributed by atoms with Crippen LogP contribution in [0.2, 0.25) is 0 Å². The first-order chi connectivity index (χ1) is 9.61. The Hall–Kier alpha value is -1.06. The van der Waals surface area contributed by atoms with Gasteiger partial charge in [0.25, 0.3) is 0 Å². The van der Waals surface area contributed by atoms with Gasteiger partial charge in [-0.15, -0.1) is 0 Å². The number of rotatable bonds is 5. The zero-order valence-electron chi connectivity index (χ0n) is 12.3. The van der Waals surface area contributed by atoms with Gasteiger partial charge in [-0.1, -0.05) is 38.5 Å². The van der Waals surface area contributed by atoms with Crippen LogP contribution in [0.25, 0.3) is 0 Å². The molecule has 2 N–H and O–H groups in total. The number of carbonyl (C=O) groups excluding carboxylic acids is 1. The standard InChI is InChI=1S/C16H27NO3/c18-14(19)11-16(9-6-10-16)12-17-15(20)13-7-4-2-1-3-5-8-13/h13H,1-12H2,(H,17,20)(H,18,19). The van der Waals surface area contributed by atoms with Gasteiger partial charge in [0.2, 0.25) is 5.91 Å². The highest BCUT2D eigenvalue weighted by Gasteiger charge is 2.39. The lowest BCUT2D eigenvalue weighted by Gasteiger charge is -2.41. The van der Waals surface area contributed by atoms with Crippen molar-refractivity contribution in [1.82, 2.24) is 5.32 Å². The van der Waals surface area contributed by atoms with E-state index in [0.717, 1.165) is 44.9 Å². The Balaban J connectivity index is 1.79. The molecule has 2 aliphatic rings. The highest BCUT2D eigenvalue weighted by atomic mass is 16.4. The molecule has 2 rings (SSSR count). The second-order valence-corrected chi connectivity index (χ2v) is 6.68. The van der Waals surface area contributed by atoms with E-state index >= 15 is 0 Å². The van der Waals surface area contributed by atoms with Crippen molar-refractivity contribution in [3.05, 3.63) is 0 Å². The molecule has 0 bridgehead atoms. The van der Waals surface area contributed by atoms with E-state index in [1.807, 2.05) is 0 Å². The molecule has 0 aromatic rings. The van der Waals surface area contributed by atoms with E-state index in [9.17, 15) is 9.59 Å². The molecule has 4 heteroatoms. The van der Waals surface area contributed by atoms with Crippen LogP contribution >= 0.6 is 0 Å². The highest BCUT2D eigenvalue weighted by Crippen LogP contribution is 2.43. The molecule has 4 nitrogen and oxygen atoms in total. The molecule has 0 saturated heterocycles. The molecule has 0 aromatic heterocycles. The fourth-order valence-electron chi connectivity index (χ4n) is 3.55. The lowest BCUT2D eigenvalue weighted by molar-refractivity contribution is -0.142. The van der Waals surface area contributed by atoms with Gasteiger partial charge in [-0.25, -0.2) is 0 Å². The van der Waals surface area contributed by atoms with Gasteiger partial charge in [-0.2, -0.15) is 0 Å². The molecule has 2 fully saturated rings. The van der Waals surface area contributed by atoms with E-state index in [2.05, 4.69) is 5.32 Å². The van der Waals surface area contributed by atoms with Crippen molar-refractivity contribution >= 4 is 11.9 Å². The summed E-state index contributed by atoms with van der Waals surface area (Å²) in [7, 11) is 0. The molecule has 2 aliphatic carbocycles. The number of carboxylic acids is 1. The zero-order valence-corrected chi connectivity index (χ0v) is 12.3.